The van der Waals surface area contributed by atoms with Crippen molar-refractivity contribution in [1.82, 2.24) is 19.9 Å². The number of benzene rings is 13. The molecule has 32 heteroatoms. The van der Waals surface area contributed by atoms with Gasteiger partial charge in [0, 0.05) is 36.4 Å². The van der Waals surface area contributed by atoms with Gasteiger partial charge >= 0.3 is 22.2 Å². The van der Waals surface area contributed by atoms with E-state index in [1.54, 1.807) is 12.1 Å². The number of rotatable bonds is 0. The third-order valence-electron chi connectivity index (χ3n) is 15.4. The van der Waals surface area contributed by atoms with Gasteiger partial charge in [0.05, 0.1) is 22.1 Å². The van der Waals surface area contributed by atoms with Gasteiger partial charge in [-0.05, 0) is 174 Å². The van der Waals surface area contributed by atoms with E-state index in [9.17, 15) is 111 Å². The fourth-order valence-electron chi connectivity index (χ4n) is 10.3. The molecule has 102 heavy (non-hydrogen) atoms. The second-order valence-electron chi connectivity index (χ2n) is 22.3. The summed E-state index contributed by atoms with van der Waals surface area (Å²) >= 11 is 0. The van der Waals surface area contributed by atoms with Crippen molar-refractivity contribution in [3.05, 3.63) is 187 Å². The van der Waals surface area contributed by atoms with E-state index < -0.39 is 45.2 Å². The van der Waals surface area contributed by atoms with E-state index in [2.05, 4.69) is 19.9 Å². The lowest BCUT2D eigenvalue weighted by molar-refractivity contribution is 0.337. The van der Waals surface area contributed by atoms with Crippen LogP contribution in [-0.2, 0) is 0 Å². The lowest BCUT2D eigenvalue weighted by Crippen LogP contribution is -2.30. The monoisotopic (exact) mass is 1390 g/mol. The van der Waals surface area contributed by atoms with Gasteiger partial charge in [-0.2, -0.15) is 0 Å². The van der Waals surface area contributed by atoms with Crippen LogP contribution in [0.4, 0.5) is 0 Å². The van der Waals surface area contributed by atoms with E-state index in [1.165, 1.54) is 121 Å². The van der Waals surface area contributed by atoms with Crippen LogP contribution in [0.5, 0.6) is 149 Å². The fraction of sp³-hybridized carbons (Fsp3) is 0. The van der Waals surface area contributed by atoms with Gasteiger partial charge in [-0.3, -0.25) is 19.2 Å². The summed E-state index contributed by atoms with van der Waals surface area (Å²) in [6.45, 7) is 0. The van der Waals surface area contributed by atoms with Crippen LogP contribution in [0.25, 0.3) is 86.7 Å². The van der Waals surface area contributed by atoms with E-state index in [0.717, 1.165) is 33.7 Å². The molecule has 0 fully saturated rings. The number of fused-ring (bicyclic) bond motifs is 13. The van der Waals surface area contributed by atoms with Gasteiger partial charge in [0.1, 0.15) is 0 Å². The first-order chi connectivity index (χ1) is 48.2. The molecule has 0 radical (unpaired) electrons. The molecule has 0 saturated heterocycles. The predicted octanol–water partition coefficient (Wildman–Crippen LogP) is 9.52. The molecule has 0 spiro atoms. The number of nitrogens with one attached hydrogen (secondary N) is 4. The first-order valence-corrected chi connectivity index (χ1v) is 28.9. The summed E-state index contributed by atoms with van der Waals surface area (Å²) in [6.07, 6.45) is 0. The van der Waals surface area contributed by atoms with Crippen LogP contribution in [0.1, 0.15) is 0 Å². The highest BCUT2D eigenvalue weighted by molar-refractivity contribution is 6.27. The summed E-state index contributed by atoms with van der Waals surface area (Å²) < 4.78 is 10.8. The first-order valence-electron chi connectivity index (χ1n) is 28.9. The molecule has 0 aliphatic carbocycles. The Kier molecular flexibility index (Phi) is 17.5. The number of H-pyrrole nitrogens is 4. The first kappa shape index (κ1) is 67.9. The quantitative estimate of drug-likeness (QED) is 0.0221. The van der Waals surface area contributed by atoms with E-state index in [4.69, 9.17) is 29.9 Å². The predicted molar refractivity (Wildman–Crippen MR) is 364 cm³/mol. The molecule has 32 nitrogen and oxygen atoms in total. The summed E-state index contributed by atoms with van der Waals surface area (Å²) in [5.74, 6) is -6.25. The number of phenolic OH excluding ortho intramolecular Hbond substituents is 22. The van der Waals surface area contributed by atoms with Crippen LogP contribution in [0.15, 0.2) is 165 Å². The number of phenols is 22. The molecular formula is C70H50N4O28. The molecule has 1 aliphatic rings. The highest BCUT2D eigenvalue weighted by Gasteiger charge is 2.24. The van der Waals surface area contributed by atoms with Crippen molar-refractivity contribution in [2.75, 3.05) is 0 Å². The Balaban J connectivity index is 0.000000125. The van der Waals surface area contributed by atoms with Gasteiger partial charge in [0.15, 0.2) is 149 Å². The highest BCUT2D eigenvalue weighted by Crippen LogP contribution is 2.52. The average molecular weight is 1400 g/mol. The molecule has 16 rings (SSSR count). The third kappa shape index (κ3) is 13.6. The maximum Gasteiger partial charge on any atom is 0.314 e. The number of aromatic nitrogens is 4. The molecule has 518 valence electrons. The Hall–Kier alpha value is -15.5. The Morgan fingerprint density at radius 3 is 0.480 bits per heavy atom. The van der Waals surface area contributed by atoms with Gasteiger partial charge in [-0.15, -0.1) is 0 Å². The zero-order valence-corrected chi connectivity index (χ0v) is 51.1. The van der Waals surface area contributed by atoms with Gasteiger partial charge in [-0.1, -0.05) is 0 Å². The molecule has 3 heterocycles. The van der Waals surface area contributed by atoms with Crippen molar-refractivity contribution in [3.63, 3.8) is 0 Å². The number of ether oxygens (including phenoxy) is 2. The summed E-state index contributed by atoms with van der Waals surface area (Å²) in [7, 11) is 0. The summed E-state index contributed by atoms with van der Waals surface area (Å²) in [5, 5.41) is 213. The number of aromatic amines is 4. The molecule has 13 aromatic carbocycles. The lowest BCUT2D eigenvalue weighted by Gasteiger charge is -2.21. The average Bonchev–Trinajstić information content (AvgIpc) is 0.739. The SMILES string of the molecule is O=c1[nH]c2cc3[nH]c(=O)c(=O)[nH]c3cc2[nH]c1=O.Oc1cc(O)c(O)cc1O.Oc1cc2c(cc1O)Oc1cc(O)c(O)cc1O2.Oc1cc2c3cc(O)c(O)cc3c3cc(O)c(O)cc3c2cc1O.Oc1cc2cc(O)c(O)cc2cc1O.Oc1cc2cc3cc(O)c(O)cc3cc2cc1O. The van der Waals surface area contributed by atoms with E-state index in [1.807, 2.05) is 0 Å². The van der Waals surface area contributed by atoms with E-state index >= 15 is 0 Å². The summed E-state index contributed by atoms with van der Waals surface area (Å²) in [6, 6.07) is 32.0. The van der Waals surface area contributed by atoms with Gasteiger partial charge < -0.3 is 142 Å². The van der Waals surface area contributed by atoms with Crippen LogP contribution in [-0.4, -0.2) is 132 Å². The number of hydrogen-bond donors (Lipinski definition) is 26. The van der Waals surface area contributed by atoms with Gasteiger partial charge in [0.2, 0.25) is 0 Å². The Labute approximate surface area is 562 Å². The minimum Gasteiger partial charge on any atom is -0.504 e. The Morgan fingerprint density at radius 1 is 0.167 bits per heavy atom. The van der Waals surface area contributed by atoms with Crippen LogP contribution >= 0.6 is 0 Å². The van der Waals surface area contributed by atoms with Crippen LogP contribution in [0, 0.1) is 0 Å². The van der Waals surface area contributed by atoms with Gasteiger partial charge in [-0.25, -0.2) is 0 Å². The van der Waals surface area contributed by atoms with E-state index in [-0.39, 0.29) is 126 Å². The summed E-state index contributed by atoms with van der Waals surface area (Å²) in [4.78, 5) is 54.1. The maximum absolute atomic E-state index is 11.2. The molecule has 1 aliphatic heterocycles. The number of hydrogen-bond acceptors (Lipinski definition) is 28. The largest absolute Gasteiger partial charge is 0.504 e. The minimum atomic E-state index is -0.784. The fourth-order valence-corrected chi connectivity index (χ4v) is 10.3. The van der Waals surface area contributed by atoms with Crippen LogP contribution in [0.3, 0.4) is 0 Å². The Morgan fingerprint density at radius 2 is 0.304 bits per heavy atom. The van der Waals surface area contributed by atoms with Crippen molar-refractivity contribution in [3.8, 4) is 149 Å². The second-order valence-corrected chi connectivity index (χ2v) is 22.3. The molecule has 0 amide bonds. The lowest BCUT2D eigenvalue weighted by atomic mass is 9.93. The summed E-state index contributed by atoms with van der Waals surface area (Å²) in [5.41, 5.74) is -1.71. The van der Waals surface area contributed by atoms with Gasteiger partial charge in [0.25, 0.3) is 0 Å². The molecular weight excluding hydrogens is 1340 g/mol. The molecule has 0 saturated carbocycles. The van der Waals surface area contributed by atoms with Crippen molar-refractivity contribution in [2.24, 2.45) is 0 Å². The maximum atomic E-state index is 11.2. The highest BCUT2D eigenvalue weighted by atomic mass is 16.6. The van der Waals surface area contributed by atoms with Crippen molar-refractivity contribution >= 4 is 86.7 Å². The van der Waals surface area contributed by atoms with Crippen LogP contribution in [0.2, 0.25) is 0 Å². The third-order valence-corrected chi connectivity index (χ3v) is 15.4. The van der Waals surface area contributed by atoms with E-state index in [0.29, 0.717) is 65.2 Å². The molecule has 0 atom stereocenters. The Bertz CT molecular complexity index is 5440. The van der Waals surface area contributed by atoms with Crippen molar-refractivity contribution in [1.29, 1.82) is 0 Å². The molecule has 26 N–H and O–H groups in total. The molecule has 15 aromatic rings. The smallest absolute Gasteiger partial charge is 0.314 e. The zero-order valence-electron chi connectivity index (χ0n) is 51.1. The number of aromatic hydroxyl groups is 22. The standard InChI is InChI=1S/C18H12O6.C14H10O4.C12H8O6.C10H6N4O4.C10H8O4.C6H6O4/c19-13-1-7-8(2-14(13)20)10-4-17(23)18(24)6-12(10)11-5-16(22)15(21)3-9(7)11;15-11-3-7-1-8-4-12(16)14(18)6-10(8)2-9(7)5-13(11)17;13-5-1-9-10(2-6(5)14)18-12-4-8(16)7(15)3-11(12)17-9;15-7-9(17)13-5-2-6-4(1-3(5)11-7)12-8(16)10(18)14-6;11-7-1-5-2-9(13)10(14)4-6(5)3-8(7)12;7-3-1-4(8)6(10)2-5(3)9/h1-6,19-24H;1-6,15-18H;1-4,13-16H;1-2H,(H,11,15)(H,12,16)(H,13,17)(H,14,18);1-4,11-14H;1-2,7-10H. The minimum absolute atomic E-state index is 0.190. The van der Waals surface area contributed by atoms with Crippen molar-refractivity contribution in [2.45, 2.75) is 0 Å². The molecule has 2 aromatic heterocycles. The normalized spacial score (nSPS) is 11.1. The zero-order chi connectivity index (χ0) is 73.8. The van der Waals surface area contributed by atoms with Crippen molar-refractivity contribution < 1.29 is 122 Å². The topological polar surface area (TPSA) is 595 Å². The molecule has 0 unspecified atom stereocenters. The second kappa shape index (κ2) is 26.3. The molecule has 0 bridgehead atoms. The van der Waals surface area contributed by atoms with Crippen LogP contribution < -0.4 is 31.7 Å².